The van der Waals surface area contributed by atoms with E-state index in [2.05, 4.69) is 32.6 Å². The Morgan fingerprint density at radius 3 is 2.48 bits per heavy atom. The fourth-order valence-electron chi connectivity index (χ4n) is 2.18. The molecule has 0 fully saturated rings. The first-order valence-corrected chi connectivity index (χ1v) is 9.20. The van der Waals surface area contributed by atoms with Gasteiger partial charge in [-0.15, -0.1) is 0 Å². The molecule has 0 aliphatic rings. The molecule has 0 saturated carbocycles. The molecule has 0 aromatic heterocycles. The summed E-state index contributed by atoms with van der Waals surface area (Å²) < 4.78 is 29.3. The van der Waals surface area contributed by atoms with Crippen molar-refractivity contribution in [2.75, 3.05) is 0 Å². The minimum Gasteiger partial charge on any atom is -0.489 e. The molecule has 0 amide bonds. The van der Waals surface area contributed by atoms with E-state index in [1.807, 2.05) is 12.1 Å². The molecule has 0 aliphatic heterocycles. The highest BCUT2D eigenvalue weighted by atomic mass is 32.2. The van der Waals surface area contributed by atoms with Crippen LogP contribution in [0.1, 0.15) is 37.3 Å². The van der Waals surface area contributed by atoms with Crippen molar-refractivity contribution in [3.63, 3.8) is 0 Å². The Morgan fingerprint density at radius 2 is 1.87 bits per heavy atom. The molecule has 0 N–H and O–H groups in total. The summed E-state index contributed by atoms with van der Waals surface area (Å²) in [5, 5.41) is 0.944. The minimum atomic E-state index is -3.44. The quantitative estimate of drug-likeness (QED) is 0.739. The third-order valence-electron chi connectivity index (χ3n) is 3.92. The van der Waals surface area contributed by atoms with E-state index in [1.165, 1.54) is 17.7 Å². The topological polar surface area (TPSA) is 43.4 Å². The van der Waals surface area contributed by atoms with E-state index in [0.29, 0.717) is 18.3 Å². The second-order valence-electron chi connectivity index (χ2n) is 5.53. The molecule has 3 nitrogen and oxygen atoms in total. The summed E-state index contributed by atoms with van der Waals surface area (Å²) in [7, 11) is -3.44. The molecular weight excluding hydrogens is 308 g/mol. The zero-order valence-electron chi connectivity index (χ0n) is 13.5. The Hall–Kier alpha value is -2.07. The van der Waals surface area contributed by atoms with Crippen LogP contribution in [0.15, 0.2) is 65.4 Å². The molecule has 2 aromatic carbocycles. The van der Waals surface area contributed by atoms with Gasteiger partial charge < -0.3 is 4.74 Å². The molecule has 0 spiro atoms. The van der Waals surface area contributed by atoms with Gasteiger partial charge in [-0.1, -0.05) is 50.8 Å². The van der Waals surface area contributed by atoms with Gasteiger partial charge in [0.1, 0.15) is 12.4 Å². The van der Waals surface area contributed by atoms with Gasteiger partial charge >= 0.3 is 0 Å². The van der Waals surface area contributed by atoms with Gasteiger partial charge in [0, 0.05) is 5.41 Å². The molecule has 23 heavy (non-hydrogen) atoms. The van der Waals surface area contributed by atoms with Gasteiger partial charge in [-0.25, -0.2) is 8.42 Å². The summed E-state index contributed by atoms with van der Waals surface area (Å²) in [6, 6.07) is 14.8. The summed E-state index contributed by atoms with van der Waals surface area (Å²) in [6.45, 7) is 8.11. The number of hydrogen-bond donors (Lipinski definition) is 0. The van der Waals surface area contributed by atoms with E-state index < -0.39 is 9.84 Å². The van der Waals surface area contributed by atoms with Crippen molar-refractivity contribution in [3.05, 3.63) is 71.6 Å². The lowest BCUT2D eigenvalue weighted by Crippen LogP contribution is -1.99. The first-order chi connectivity index (χ1) is 11.0. The molecule has 0 radical (unpaired) electrons. The van der Waals surface area contributed by atoms with Crippen LogP contribution in [0.3, 0.4) is 0 Å². The predicted octanol–water partition coefficient (Wildman–Crippen LogP) is 4.70. The van der Waals surface area contributed by atoms with Crippen LogP contribution in [0, 0.1) is 0 Å². The van der Waals surface area contributed by atoms with E-state index >= 15 is 0 Å². The van der Waals surface area contributed by atoms with Crippen molar-refractivity contribution in [2.24, 2.45) is 0 Å². The Morgan fingerprint density at radius 1 is 1.17 bits per heavy atom. The molecule has 2 aromatic rings. The van der Waals surface area contributed by atoms with Crippen molar-refractivity contribution in [2.45, 2.75) is 37.7 Å². The second-order valence-corrected chi connectivity index (χ2v) is 7.42. The van der Waals surface area contributed by atoms with Crippen molar-refractivity contribution in [3.8, 4) is 5.75 Å². The van der Waals surface area contributed by atoms with Crippen molar-refractivity contribution in [1.29, 1.82) is 0 Å². The standard InChI is InChI=1S/C19H22O3S/c1-4-15(3)17-11-9-16(10-12-17)14-22-18-7-6-8-19(13-18)23(20,21)5-2/h5-13,15H,2,4,14H2,1,3H3. The highest BCUT2D eigenvalue weighted by Crippen LogP contribution is 2.21. The van der Waals surface area contributed by atoms with Gasteiger partial charge in [-0.05, 0) is 41.7 Å². The molecule has 1 atom stereocenters. The highest BCUT2D eigenvalue weighted by Gasteiger charge is 2.10. The Bertz CT molecular complexity index is 761. The van der Waals surface area contributed by atoms with Crippen LogP contribution in [-0.4, -0.2) is 8.42 Å². The van der Waals surface area contributed by atoms with Gasteiger partial charge in [0.2, 0.25) is 0 Å². The Balaban J connectivity index is 2.06. The van der Waals surface area contributed by atoms with Crippen LogP contribution in [0.2, 0.25) is 0 Å². The third kappa shape index (κ3) is 4.45. The van der Waals surface area contributed by atoms with Gasteiger partial charge in [-0.2, -0.15) is 0 Å². The van der Waals surface area contributed by atoms with Crippen LogP contribution in [-0.2, 0) is 16.4 Å². The number of sulfone groups is 1. The van der Waals surface area contributed by atoms with Gasteiger partial charge in [-0.3, -0.25) is 0 Å². The summed E-state index contributed by atoms with van der Waals surface area (Å²) in [5.41, 5.74) is 2.37. The SMILES string of the molecule is C=CS(=O)(=O)c1cccc(OCc2ccc(C(C)CC)cc2)c1. The van der Waals surface area contributed by atoms with E-state index in [4.69, 9.17) is 4.74 Å². The van der Waals surface area contributed by atoms with Crippen LogP contribution >= 0.6 is 0 Å². The van der Waals surface area contributed by atoms with Gasteiger partial charge in [0.05, 0.1) is 4.90 Å². The lowest BCUT2D eigenvalue weighted by atomic mass is 9.98. The largest absolute Gasteiger partial charge is 0.489 e. The zero-order valence-corrected chi connectivity index (χ0v) is 14.3. The average Bonchev–Trinajstić information content (AvgIpc) is 2.60. The molecule has 0 heterocycles. The third-order valence-corrected chi connectivity index (χ3v) is 5.27. The van der Waals surface area contributed by atoms with Crippen molar-refractivity contribution < 1.29 is 13.2 Å². The summed E-state index contributed by atoms with van der Waals surface area (Å²) >= 11 is 0. The first-order valence-electron chi connectivity index (χ1n) is 7.65. The normalized spacial score (nSPS) is 12.6. The Kier molecular flexibility index (Phi) is 5.61. The monoisotopic (exact) mass is 330 g/mol. The minimum absolute atomic E-state index is 0.192. The highest BCUT2D eigenvalue weighted by molar-refractivity contribution is 7.94. The number of ether oxygens (including phenoxy) is 1. The second kappa shape index (κ2) is 7.47. The van der Waals surface area contributed by atoms with E-state index in [0.717, 1.165) is 17.4 Å². The summed E-state index contributed by atoms with van der Waals surface area (Å²) in [6.07, 6.45) is 1.11. The number of benzene rings is 2. The van der Waals surface area contributed by atoms with Crippen LogP contribution in [0.5, 0.6) is 5.75 Å². The zero-order chi connectivity index (χ0) is 16.9. The number of hydrogen-bond acceptors (Lipinski definition) is 3. The molecule has 0 aliphatic carbocycles. The molecular formula is C19H22O3S. The first kappa shape index (κ1) is 17.3. The number of rotatable bonds is 7. The van der Waals surface area contributed by atoms with Crippen LogP contribution in [0.4, 0.5) is 0 Å². The van der Waals surface area contributed by atoms with Crippen LogP contribution < -0.4 is 4.74 Å². The molecule has 2 rings (SSSR count). The average molecular weight is 330 g/mol. The lowest BCUT2D eigenvalue weighted by molar-refractivity contribution is 0.305. The maximum absolute atomic E-state index is 11.8. The van der Waals surface area contributed by atoms with Crippen molar-refractivity contribution in [1.82, 2.24) is 0 Å². The molecule has 4 heteroatoms. The molecule has 122 valence electrons. The lowest BCUT2D eigenvalue weighted by Gasteiger charge is -2.11. The molecule has 0 saturated heterocycles. The van der Waals surface area contributed by atoms with Crippen LogP contribution in [0.25, 0.3) is 0 Å². The summed E-state index contributed by atoms with van der Waals surface area (Å²) in [4.78, 5) is 0.192. The summed E-state index contributed by atoms with van der Waals surface area (Å²) in [5.74, 6) is 1.07. The molecule has 1 unspecified atom stereocenters. The fourth-order valence-corrected chi connectivity index (χ4v) is 2.92. The van der Waals surface area contributed by atoms with E-state index in [1.54, 1.807) is 12.1 Å². The van der Waals surface area contributed by atoms with E-state index in [9.17, 15) is 8.42 Å². The van der Waals surface area contributed by atoms with Crippen molar-refractivity contribution >= 4 is 9.84 Å². The fraction of sp³-hybridized carbons (Fsp3) is 0.263. The Labute approximate surface area is 138 Å². The predicted molar refractivity (Wildman–Crippen MR) is 93.3 cm³/mol. The van der Waals surface area contributed by atoms with Gasteiger partial charge in [0.25, 0.3) is 0 Å². The molecule has 0 bridgehead atoms. The van der Waals surface area contributed by atoms with Gasteiger partial charge in [0.15, 0.2) is 9.84 Å². The maximum Gasteiger partial charge on any atom is 0.199 e. The maximum atomic E-state index is 11.8. The smallest absolute Gasteiger partial charge is 0.199 e. The van der Waals surface area contributed by atoms with E-state index in [-0.39, 0.29) is 4.90 Å².